The first-order valence-electron chi connectivity index (χ1n) is 9.37. The molecule has 0 saturated carbocycles. The van der Waals surface area contributed by atoms with Crippen LogP contribution >= 0.6 is 11.3 Å². The van der Waals surface area contributed by atoms with Crippen LogP contribution in [-0.2, 0) is 27.4 Å². The second-order valence-electron chi connectivity index (χ2n) is 7.07. The van der Waals surface area contributed by atoms with E-state index in [4.69, 9.17) is 4.74 Å². The van der Waals surface area contributed by atoms with Gasteiger partial charge in [-0.05, 0) is 49.6 Å². The molecule has 0 unspecified atom stereocenters. The van der Waals surface area contributed by atoms with Crippen molar-refractivity contribution >= 4 is 34.0 Å². The van der Waals surface area contributed by atoms with E-state index in [0.717, 1.165) is 27.9 Å². The van der Waals surface area contributed by atoms with Crippen molar-refractivity contribution in [3.63, 3.8) is 0 Å². The molecule has 0 aliphatic carbocycles. The molecule has 150 valence electrons. The summed E-state index contributed by atoms with van der Waals surface area (Å²) in [6.45, 7) is 7.64. The highest BCUT2D eigenvalue weighted by Crippen LogP contribution is 2.30. The first-order chi connectivity index (χ1) is 13.8. The normalized spacial score (nSPS) is 10.6. The maximum absolute atomic E-state index is 12.3. The van der Waals surface area contributed by atoms with Crippen LogP contribution in [0.4, 0.5) is 10.8 Å². The number of aryl methyl sites for hydroxylation is 3. The van der Waals surface area contributed by atoms with E-state index in [0.29, 0.717) is 10.8 Å². The highest BCUT2D eigenvalue weighted by Gasteiger charge is 2.19. The van der Waals surface area contributed by atoms with Crippen LogP contribution in [0.3, 0.4) is 0 Å². The summed E-state index contributed by atoms with van der Waals surface area (Å²) < 4.78 is 5.36. The quantitative estimate of drug-likeness (QED) is 0.536. The number of esters is 1. The number of carbonyl (C=O) groups is 2. The lowest BCUT2D eigenvalue weighted by atomic mass is 10.1. The standard InChI is InChI=1S/C23H24N2O3S/c1-15-5-8-19(9-6-15)12-22(27)28-13-20-14-29-23(24-20)25(18(4)26)21-10-7-16(2)17(3)11-21/h5-11,14H,12-13H2,1-4H3. The van der Waals surface area contributed by atoms with Gasteiger partial charge in [-0.1, -0.05) is 35.9 Å². The van der Waals surface area contributed by atoms with Gasteiger partial charge in [-0.3, -0.25) is 14.5 Å². The summed E-state index contributed by atoms with van der Waals surface area (Å²) in [7, 11) is 0. The lowest BCUT2D eigenvalue weighted by Gasteiger charge is -2.19. The van der Waals surface area contributed by atoms with Gasteiger partial charge in [0, 0.05) is 12.3 Å². The molecule has 3 aromatic rings. The van der Waals surface area contributed by atoms with Crippen LogP contribution in [-0.4, -0.2) is 16.9 Å². The molecule has 0 aliphatic heterocycles. The van der Waals surface area contributed by atoms with Crippen LogP contribution in [0.15, 0.2) is 47.8 Å². The molecule has 1 amide bonds. The Labute approximate surface area is 175 Å². The number of hydrogen-bond acceptors (Lipinski definition) is 5. The second kappa shape index (κ2) is 9.01. The molecule has 2 aromatic carbocycles. The number of benzene rings is 2. The van der Waals surface area contributed by atoms with E-state index in [-0.39, 0.29) is 24.9 Å². The van der Waals surface area contributed by atoms with Crippen molar-refractivity contribution < 1.29 is 14.3 Å². The summed E-state index contributed by atoms with van der Waals surface area (Å²) in [5, 5.41) is 2.37. The van der Waals surface area contributed by atoms with Gasteiger partial charge in [0.15, 0.2) is 5.13 Å². The van der Waals surface area contributed by atoms with Gasteiger partial charge in [0.05, 0.1) is 17.8 Å². The van der Waals surface area contributed by atoms with Crippen molar-refractivity contribution in [1.82, 2.24) is 4.98 Å². The van der Waals surface area contributed by atoms with Crippen molar-refractivity contribution in [2.24, 2.45) is 0 Å². The maximum Gasteiger partial charge on any atom is 0.310 e. The average molecular weight is 409 g/mol. The van der Waals surface area contributed by atoms with Gasteiger partial charge in [0.2, 0.25) is 5.91 Å². The number of carbonyl (C=O) groups excluding carboxylic acids is 2. The highest BCUT2D eigenvalue weighted by atomic mass is 32.1. The van der Waals surface area contributed by atoms with Gasteiger partial charge in [-0.15, -0.1) is 11.3 Å². The summed E-state index contributed by atoms with van der Waals surface area (Å²) in [6, 6.07) is 13.7. The van der Waals surface area contributed by atoms with Crippen LogP contribution in [0.25, 0.3) is 0 Å². The number of aromatic nitrogens is 1. The summed E-state index contributed by atoms with van der Waals surface area (Å²) in [5.74, 6) is -0.425. The summed E-state index contributed by atoms with van der Waals surface area (Å²) >= 11 is 1.35. The van der Waals surface area contributed by atoms with Crippen LogP contribution < -0.4 is 4.90 Å². The molecule has 5 nitrogen and oxygen atoms in total. The lowest BCUT2D eigenvalue weighted by Crippen LogP contribution is -2.22. The van der Waals surface area contributed by atoms with E-state index in [1.54, 1.807) is 4.90 Å². The van der Waals surface area contributed by atoms with Gasteiger partial charge in [-0.25, -0.2) is 4.98 Å². The fraction of sp³-hybridized carbons (Fsp3) is 0.261. The largest absolute Gasteiger partial charge is 0.459 e. The molecule has 0 saturated heterocycles. The molecule has 0 fully saturated rings. The van der Waals surface area contributed by atoms with Crippen LogP contribution in [0.1, 0.15) is 34.9 Å². The molecule has 0 bridgehead atoms. The Morgan fingerprint density at radius 1 is 1.03 bits per heavy atom. The van der Waals surface area contributed by atoms with E-state index < -0.39 is 0 Å². The molecule has 1 heterocycles. The minimum atomic E-state index is -0.305. The highest BCUT2D eigenvalue weighted by molar-refractivity contribution is 7.14. The molecule has 0 atom stereocenters. The van der Waals surface area contributed by atoms with E-state index in [2.05, 4.69) is 4.98 Å². The Morgan fingerprint density at radius 2 is 1.76 bits per heavy atom. The zero-order chi connectivity index (χ0) is 21.0. The minimum Gasteiger partial charge on any atom is -0.459 e. The average Bonchev–Trinajstić information content (AvgIpc) is 3.13. The molecule has 1 aromatic heterocycles. The Kier molecular flexibility index (Phi) is 6.44. The third-order valence-corrected chi connectivity index (χ3v) is 5.52. The number of ether oxygens (including phenoxy) is 1. The van der Waals surface area contributed by atoms with Gasteiger partial charge >= 0.3 is 5.97 Å². The number of amides is 1. The predicted octanol–water partition coefficient (Wildman–Crippen LogP) is 5.04. The van der Waals surface area contributed by atoms with Crippen molar-refractivity contribution in [2.75, 3.05) is 4.90 Å². The first kappa shape index (κ1) is 20.7. The fourth-order valence-electron chi connectivity index (χ4n) is 2.83. The third-order valence-electron chi connectivity index (χ3n) is 4.64. The smallest absolute Gasteiger partial charge is 0.310 e. The molecule has 29 heavy (non-hydrogen) atoms. The van der Waals surface area contributed by atoms with Crippen LogP contribution in [0, 0.1) is 20.8 Å². The van der Waals surface area contributed by atoms with E-state index in [9.17, 15) is 9.59 Å². The lowest BCUT2D eigenvalue weighted by molar-refractivity contribution is -0.144. The molecule has 0 aliphatic rings. The second-order valence-corrected chi connectivity index (χ2v) is 7.90. The Hall–Kier alpha value is -2.99. The maximum atomic E-state index is 12.3. The first-order valence-corrected chi connectivity index (χ1v) is 10.2. The minimum absolute atomic E-state index is 0.0832. The van der Waals surface area contributed by atoms with Crippen molar-refractivity contribution in [1.29, 1.82) is 0 Å². The molecular formula is C23H24N2O3S. The van der Waals surface area contributed by atoms with Gasteiger partial charge in [0.25, 0.3) is 0 Å². The van der Waals surface area contributed by atoms with Crippen LogP contribution in [0.5, 0.6) is 0 Å². The SMILES string of the molecule is CC(=O)N(c1ccc(C)c(C)c1)c1nc(COC(=O)Cc2ccc(C)cc2)cs1. The summed E-state index contributed by atoms with van der Waals surface area (Å²) in [4.78, 5) is 30.4. The Morgan fingerprint density at radius 3 is 2.41 bits per heavy atom. The fourth-order valence-corrected chi connectivity index (χ4v) is 3.71. The van der Waals surface area contributed by atoms with E-state index >= 15 is 0 Å². The van der Waals surface area contributed by atoms with E-state index in [1.165, 1.54) is 18.3 Å². The van der Waals surface area contributed by atoms with Gasteiger partial charge in [0.1, 0.15) is 6.61 Å². The monoisotopic (exact) mass is 408 g/mol. The zero-order valence-corrected chi connectivity index (χ0v) is 17.9. The van der Waals surface area contributed by atoms with Crippen LogP contribution in [0.2, 0.25) is 0 Å². The number of anilines is 2. The summed E-state index contributed by atoms with van der Waals surface area (Å²) in [6.07, 6.45) is 0.222. The van der Waals surface area contributed by atoms with E-state index in [1.807, 2.05) is 68.6 Å². The van der Waals surface area contributed by atoms with Crippen molar-refractivity contribution in [3.05, 3.63) is 75.8 Å². The summed E-state index contributed by atoms with van der Waals surface area (Å²) in [5.41, 5.74) is 5.73. The van der Waals surface area contributed by atoms with Gasteiger partial charge in [-0.2, -0.15) is 0 Å². The molecule has 0 N–H and O–H groups in total. The zero-order valence-electron chi connectivity index (χ0n) is 17.1. The number of hydrogen-bond donors (Lipinski definition) is 0. The number of rotatable bonds is 6. The Bertz CT molecular complexity index is 1020. The molecule has 0 spiro atoms. The molecule has 0 radical (unpaired) electrons. The Balaban J connectivity index is 1.66. The molecule has 3 rings (SSSR count). The predicted molar refractivity (Wildman–Crippen MR) is 116 cm³/mol. The molecular weight excluding hydrogens is 384 g/mol. The topological polar surface area (TPSA) is 59.5 Å². The number of thiazole rings is 1. The third kappa shape index (κ3) is 5.29. The van der Waals surface area contributed by atoms with Gasteiger partial charge < -0.3 is 4.74 Å². The van der Waals surface area contributed by atoms with Crippen molar-refractivity contribution in [3.8, 4) is 0 Å². The van der Waals surface area contributed by atoms with Crippen molar-refractivity contribution in [2.45, 2.75) is 40.7 Å². The number of nitrogens with zero attached hydrogens (tertiary/aromatic N) is 2. The molecule has 6 heteroatoms.